The molecule has 1 aromatic heterocycles. The van der Waals surface area contributed by atoms with Gasteiger partial charge in [-0.2, -0.15) is 5.26 Å². The van der Waals surface area contributed by atoms with Crippen LogP contribution in [-0.4, -0.2) is 17.1 Å². The summed E-state index contributed by atoms with van der Waals surface area (Å²) in [6, 6.07) is 24.6. The Morgan fingerprint density at radius 2 is 1.56 bits per heavy atom. The van der Waals surface area contributed by atoms with E-state index in [1.165, 1.54) is 17.2 Å². The van der Waals surface area contributed by atoms with E-state index in [9.17, 15) is 9.90 Å². The number of halogens is 1. The third-order valence-electron chi connectivity index (χ3n) is 5.39. The molecule has 0 aliphatic rings. The molecule has 3 aromatic carbocycles. The Bertz CT molecular complexity index is 1340. The predicted molar refractivity (Wildman–Crippen MR) is 133 cm³/mol. The zero-order valence-corrected chi connectivity index (χ0v) is 19.5. The molecule has 0 unspecified atom stereocenters. The number of aliphatic hydroxyl groups excluding tert-OH is 1. The molecular formula is C27H25ClN2O4. The minimum absolute atomic E-state index is 0. The Balaban J connectivity index is 0.00000324. The van der Waals surface area contributed by atoms with Crippen molar-refractivity contribution in [3.8, 4) is 11.8 Å². The van der Waals surface area contributed by atoms with Crippen molar-refractivity contribution >= 4 is 23.4 Å². The second-order valence-corrected chi connectivity index (χ2v) is 7.99. The van der Waals surface area contributed by atoms with E-state index in [1.54, 1.807) is 18.2 Å². The van der Waals surface area contributed by atoms with Gasteiger partial charge in [0.15, 0.2) is 0 Å². The van der Waals surface area contributed by atoms with Crippen molar-refractivity contribution < 1.29 is 14.3 Å². The Kier molecular flexibility index (Phi) is 8.44. The molecule has 0 aliphatic heterocycles. The highest BCUT2D eigenvalue weighted by Gasteiger charge is 2.07. The third kappa shape index (κ3) is 6.24. The van der Waals surface area contributed by atoms with Crippen LogP contribution in [0.15, 0.2) is 82.0 Å². The molecule has 1 N–H and O–H groups in total. The molecule has 0 spiro atoms. The number of ether oxygens (including phenoxy) is 1. The number of fused-ring (bicyclic) bond motifs is 1. The molecule has 0 saturated carbocycles. The van der Waals surface area contributed by atoms with Gasteiger partial charge in [0.2, 0.25) is 0 Å². The topological polar surface area (TPSA) is 86.7 Å². The van der Waals surface area contributed by atoms with Crippen LogP contribution in [0.25, 0.3) is 11.0 Å². The molecule has 4 aromatic rings. The van der Waals surface area contributed by atoms with Crippen LogP contribution in [0.2, 0.25) is 0 Å². The van der Waals surface area contributed by atoms with Gasteiger partial charge in [-0.3, -0.25) is 4.90 Å². The molecule has 34 heavy (non-hydrogen) atoms. The highest BCUT2D eigenvalue weighted by atomic mass is 35.5. The van der Waals surface area contributed by atoms with Gasteiger partial charge in [0.05, 0.1) is 18.2 Å². The van der Waals surface area contributed by atoms with Crippen LogP contribution in [-0.2, 0) is 26.3 Å². The minimum Gasteiger partial charge on any atom is -0.489 e. The molecule has 0 bridgehead atoms. The normalized spacial score (nSPS) is 10.6. The van der Waals surface area contributed by atoms with Gasteiger partial charge >= 0.3 is 5.63 Å². The van der Waals surface area contributed by atoms with Crippen LogP contribution >= 0.6 is 12.4 Å². The van der Waals surface area contributed by atoms with Crippen LogP contribution in [0.3, 0.4) is 0 Å². The number of aliphatic hydroxyl groups is 1. The van der Waals surface area contributed by atoms with Gasteiger partial charge in [0, 0.05) is 30.6 Å². The fourth-order valence-electron chi connectivity index (χ4n) is 3.70. The number of nitriles is 1. The zero-order valence-electron chi connectivity index (χ0n) is 18.7. The van der Waals surface area contributed by atoms with Crippen molar-refractivity contribution in [2.75, 3.05) is 7.05 Å². The summed E-state index contributed by atoms with van der Waals surface area (Å²) in [6.45, 7) is 1.76. The van der Waals surface area contributed by atoms with Gasteiger partial charge in [-0.05, 0) is 53.6 Å². The fourth-order valence-corrected chi connectivity index (χ4v) is 3.70. The summed E-state index contributed by atoms with van der Waals surface area (Å²) in [6.07, 6.45) is 0. The highest BCUT2D eigenvalue weighted by molar-refractivity contribution is 5.85. The van der Waals surface area contributed by atoms with E-state index in [1.807, 2.05) is 36.4 Å². The van der Waals surface area contributed by atoms with Gasteiger partial charge in [-0.15, -0.1) is 12.4 Å². The SMILES string of the molecule is CN(Cc1ccc(C#N)cc1)Cc1ccc(COc2ccc3c(CO)cc(=O)oc3c2)cc1.Cl. The lowest BCUT2D eigenvalue weighted by atomic mass is 10.1. The van der Waals surface area contributed by atoms with Gasteiger partial charge < -0.3 is 14.3 Å². The van der Waals surface area contributed by atoms with Crippen LogP contribution in [0, 0.1) is 11.3 Å². The first kappa shape index (κ1) is 25.0. The molecule has 1 heterocycles. The van der Waals surface area contributed by atoms with Crippen molar-refractivity contribution in [1.82, 2.24) is 4.90 Å². The zero-order chi connectivity index (χ0) is 23.2. The number of benzene rings is 3. The lowest BCUT2D eigenvalue weighted by Crippen LogP contribution is -2.17. The summed E-state index contributed by atoms with van der Waals surface area (Å²) in [4.78, 5) is 13.9. The molecule has 7 heteroatoms. The number of hydrogen-bond acceptors (Lipinski definition) is 6. The second-order valence-electron chi connectivity index (χ2n) is 7.99. The molecule has 0 atom stereocenters. The van der Waals surface area contributed by atoms with Crippen molar-refractivity contribution in [3.63, 3.8) is 0 Å². The maximum Gasteiger partial charge on any atom is 0.336 e. The van der Waals surface area contributed by atoms with E-state index in [-0.39, 0.29) is 19.0 Å². The monoisotopic (exact) mass is 476 g/mol. The summed E-state index contributed by atoms with van der Waals surface area (Å²) in [5.74, 6) is 0.590. The van der Waals surface area contributed by atoms with E-state index < -0.39 is 5.63 Å². The predicted octanol–water partition coefficient (Wildman–Crippen LogP) is 4.79. The summed E-state index contributed by atoms with van der Waals surface area (Å²) in [5, 5.41) is 19.0. The lowest BCUT2D eigenvalue weighted by molar-refractivity contribution is 0.282. The summed E-state index contributed by atoms with van der Waals surface area (Å²) < 4.78 is 11.1. The smallest absolute Gasteiger partial charge is 0.336 e. The van der Waals surface area contributed by atoms with Crippen molar-refractivity contribution in [2.24, 2.45) is 0 Å². The first-order chi connectivity index (χ1) is 16.0. The van der Waals surface area contributed by atoms with Crippen LogP contribution in [0.5, 0.6) is 5.75 Å². The number of hydrogen-bond donors (Lipinski definition) is 1. The molecule has 6 nitrogen and oxygen atoms in total. The van der Waals surface area contributed by atoms with Gasteiger partial charge in [0.1, 0.15) is 17.9 Å². The summed E-state index contributed by atoms with van der Waals surface area (Å²) in [7, 11) is 2.07. The van der Waals surface area contributed by atoms with Crippen molar-refractivity contribution in [2.45, 2.75) is 26.3 Å². The molecule has 4 rings (SSSR count). The Morgan fingerprint density at radius 3 is 2.18 bits per heavy atom. The molecule has 0 saturated heterocycles. The molecule has 0 amide bonds. The molecular weight excluding hydrogens is 452 g/mol. The summed E-state index contributed by atoms with van der Waals surface area (Å²) >= 11 is 0. The molecule has 0 aliphatic carbocycles. The van der Waals surface area contributed by atoms with Crippen LogP contribution in [0.4, 0.5) is 0 Å². The van der Waals surface area contributed by atoms with Crippen molar-refractivity contribution in [1.29, 1.82) is 5.26 Å². The maximum atomic E-state index is 11.7. The van der Waals surface area contributed by atoms with Crippen LogP contribution in [0.1, 0.15) is 27.8 Å². The fraction of sp³-hybridized carbons (Fsp3) is 0.185. The molecule has 0 radical (unpaired) electrons. The van der Waals surface area contributed by atoms with E-state index in [4.69, 9.17) is 14.4 Å². The second kappa shape index (κ2) is 11.5. The minimum atomic E-state index is -0.497. The molecule has 174 valence electrons. The number of rotatable bonds is 8. The Hall–Kier alpha value is -3.63. The highest BCUT2D eigenvalue weighted by Crippen LogP contribution is 2.23. The van der Waals surface area contributed by atoms with Gasteiger partial charge in [-0.25, -0.2) is 4.79 Å². The molecule has 0 fully saturated rings. The van der Waals surface area contributed by atoms with E-state index in [2.05, 4.69) is 30.1 Å². The Morgan fingerprint density at radius 1 is 0.941 bits per heavy atom. The van der Waals surface area contributed by atoms with E-state index in [0.717, 1.165) is 18.7 Å². The first-order valence-corrected chi connectivity index (χ1v) is 10.6. The average molecular weight is 477 g/mol. The van der Waals surface area contributed by atoms with E-state index >= 15 is 0 Å². The summed E-state index contributed by atoms with van der Waals surface area (Å²) in [5.41, 5.74) is 4.49. The lowest BCUT2D eigenvalue weighted by Gasteiger charge is -2.17. The van der Waals surface area contributed by atoms with Gasteiger partial charge in [0.25, 0.3) is 0 Å². The van der Waals surface area contributed by atoms with Crippen LogP contribution < -0.4 is 10.4 Å². The number of nitrogens with zero attached hydrogens (tertiary/aromatic N) is 2. The van der Waals surface area contributed by atoms with Crippen molar-refractivity contribution in [3.05, 3.63) is 111 Å². The standard InChI is InChI=1S/C27H24N2O4.ClH/c1-29(15-20-4-2-19(14-28)3-5-20)16-21-6-8-22(9-7-21)18-32-24-10-11-25-23(17-30)12-27(31)33-26(25)13-24;/h2-13,30H,15-18H2,1H3;1H. The van der Waals surface area contributed by atoms with Gasteiger partial charge in [-0.1, -0.05) is 36.4 Å². The Labute approximate surface area is 204 Å². The quantitative estimate of drug-likeness (QED) is 0.368. The first-order valence-electron chi connectivity index (χ1n) is 10.6. The largest absolute Gasteiger partial charge is 0.489 e. The maximum absolute atomic E-state index is 11.7. The average Bonchev–Trinajstić information content (AvgIpc) is 2.83. The third-order valence-corrected chi connectivity index (χ3v) is 5.39. The van der Waals surface area contributed by atoms with E-state index in [0.29, 0.717) is 34.5 Å².